The molecule has 3 aromatic carbocycles. The maximum atomic E-state index is 12.9. The van der Waals surface area contributed by atoms with Gasteiger partial charge in [0.1, 0.15) is 18.1 Å². The SMILES string of the molecule is COc1ccc(OCc2ccc(C(=O)Nc3c(C)nn(Cc4ccc(Cl)c(Cl)c4)c3C)cc2)cc1. The average Bonchev–Trinajstić information content (AvgIpc) is 3.12. The van der Waals surface area contributed by atoms with Crippen molar-refractivity contribution in [3.05, 3.63) is 105 Å². The summed E-state index contributed by atoms with van der Waals surface area (Å²) < 4.78 is 12.8. The lowest BCUT2D eigenvalue weighted by Crippen LogP contribution is -2.13. The lowest BCUT2D eigenvalue weighted by molar-refractivity contribution is 0.102. The maximum absolute atomic E-state index is 12.9. The molecule has 8 heteroatoms. The minimum atomic E-state index is -0.201. The van der Waals surface area contributed by atoms with Crippen LogP contribution in [0.3, 0.4) is 0 Å². The molecule has 0 atom stereocenters. The number of carbonyl (C=O) groups excluding carboxylic acids is 1. The van der Waals surface area contributed by atoms with Gasteiger partial charge in [-0.3, -0.25) is 9.48 Å². The highest BCUT2D eigenvalue weighted by Crippen LogP contribution is 2.25. The van der Waals surface area contributed by atoms with Gasteiger partial charge in [-0.1, -0.05) is 41.4 Å². The van der Waals surface area contributed by atoms with Gasteiger partial charge in [-0.05, 0) is 73.5 Å². The third kappa shape index (κ3) is 5.96. The molecule has 0 unspecified atom stereocenters. The average molecular weight is 510 g/mol. The molecule has 0 aliphatic carbocycles. The number of hydrogen-bond donors (Lipinski definition) is 1. The largest absolute Gasteiger partial charge is 0.497 e. The van der Waals surface area contributed by atoms with Crippen LogP contribution in [0.4, 0.5) is 5.69 Å². The summed E-state index contributed by atoms with van der Waals surface area (Å²) in [6.45, 7) is 4.70. The molecule has 1 heterocycles. The Morgan fingerprint density at radius 1 is 0.914 bits per heavy atom. The first-order chi connectivity index (χ1) is 16.8. The lowest BCUT2D eigenvalue weighted by atomic mass is 10.1. The number of nitrogens with zero attached hydrogens (tertiary/aromatic N) is 2. The number of methoxy groups -OCH3 is 1. The second-order valence-electron chi connectivity index (χ2n) is 8.07. The fraction of sp³-hybridized carbons (Fsp3) is 0.185. The molecule has 0 saturated carbocycles. The maximum Gasteiger partial charge on any atom is 0.255 e. The standard InChI is InChI=1S/C27H25Cl2N3O3/c1-17-26(18(2)32(31-17)15-20-6-13-24(28)25(29)14-20)30-27(33)21-7-4-19(5-8-21)16-35-23-11-9-22(34-3)10-12-23/h4-14H,15-16H2,1-3H3,(H,30,33). The van der Waals surface area contributed by atoms with Crippen molar-refractivity contribution >= 4 is 34.8 Å². The van der Waals surface area contributed by atoms with Crippen LogP contribution >= 0.6 is 23.2 Å². The van der Waals surface area contributed by atoms with Gasteiger partial charge in [-0.25, -0.2) is 0 Å². The van der Waals surface area contributed by atoms with E-state index in [9.17, 15) is 4.79 Å². The van der Waals surface area contributed by atoms with Crippen LogP contribution in [0.25, 0.3) is 0 Å². The van der Waals surface area contributed by atoms with E-state index in [1.54, 1.807) is 25.3 Å². The molecule has 4 rings (SSSR count). The molecule has 1 N–H and O–H groups in total. The number of aryl methyl sites for hydroxylation is 1. The van der Waals surface area contributed by atoms with Gasteiger partial charge in [-0.15, -0.1) is 0 Å². The summed E-state index contributed by atoms with van der Waals surface area (Å²) in [5.74, 6) is 1.32. The molecule has 4 aromatic rings. The molecule has 6 nitrogen and oxygen atoms in total. The fourth-order valence-corrected chi connectivity index (χ4v) is 3.94. The van der Waals surface area contributed by atoms with E-state index < -0.39 is 0 Å². The van der Waals surface area contributed by atoms with E-state index in [4.69, 9.17) is 32.7 Å². The summed E-state index contributed by atoms with van der Waals surface area (Å²) in [6, 6.07) is 20.2. The number of hydrogen-bond acceptors (Lipinski definition) is 4. The van der Waals surface area contributed by atoms with Gasteiger partial charge < -0.3 is 14.8 Å². The first-order valence-corrected chi connectivity index (χ1v) is 11.7. The van der Waals surface area contributed by atoms with Gasteiger partial charge in [-0.2, -0.15) is 5.10 Å². The Bertz CT molecular complexity index is 1330. The molecular weight excluding hydrogens is 485 g/mol. The van der Waals surface area contributed by atoms with E-state index >= 15 is 0 Å². The van der Waals surface area contributed by atoms with Crippen molar-refractivity contribution in [1.29, 1.82) is 0 Å². The van der Waals surface area contributed by atoms with Crippen LogP contribution in [-0.2, 0) is 13.2 Å². The predicted octanol–water partition coefficient (Wildman–Crippen LogP) is 6.69. The summed E-state index contributed by atoms with van der Waals surface area (Å²) in [5.41, 5.74) is 4.76. The summed E-state index contributed by atoms with van der Waals surface area (Å²) in [5, 5.41) is 8.59. The molecule has 180 valence electrons. The number of halogens is 2. The van der Waals surface area contributed by atoms with Crippen molar-refractivity contribution in [2.45, 2.75) is 27.0 Å². The molecule has 0 spiro atoms. The topological polar surface area (TPSA) is 65.4 Å². The van der Waals surface area contributed by atoms with Gasteiger partial charge >= 0.3 is 0 Å². The summed E-state index contributed by atoms with van der Waals surface area (Å²) in [4.78, 5) is 12.9. The number of aromatic nitrogens is 2. The molecule has 0 bridgehead atoms. The Morgan fingerprint density at radius 3 is 2.23 bits per heavy atom. The molecular formula is C27H25Cl2N3O3. The minimum Gasteiger partial charge on any atom is -0.497 e. The Morgan fingerprint density at radius 2 is 1.57 bits per heavy atom. The van der Waals surface area contributed by atoms with Gasteiger partial charge in [0, 0.05) is 5.56 Å². The van der Waals surface area contributed by atoms with E-state index in [0.717, 1.165) is 34.0 Å². The Labute approximate surface area is 214 Å². The van der Waals surface area contributed by atoms with Crippen LogP contribution in [-0.4, -0.2) is 22.8 Å². The number of anilines is 1. The van der Waals surface area contributed by atoms with Crippen molar-refractivity contribution in [2.75, 3.05) is 12.4 Å². The number of carbonyl (C=O) groups is 1. The van der Waals surface area contributed by atoms with Gasteiger partial charge in [0.15, 0.2) is 0 Å². The Hall–Kier alpha value is -3.48. The van der Waals surface area contributed by atoms with Gasteiger partial charge in [0.05, 0.1) is 40.8 Å². The zero-order chi connectivity index (χ0) is 24.9. The first kappa shape index (κ1) is 24.6. The quantitative estimate of drug-likeness (QED) is 0.287. The molecule has 0 radical (unpaired) electrons. The zero-order valence-electron chi connectivity index (χ0n) is 19.6. The Kier molecular flexibility index (Phi) is 7.63. The summed E-state index contributed by atoms with van der Waals surface area (Å²) in [6.07, 6.45) is 0. The number of nitrogens with one attached hydrogen (secondary N) is 1. The lowest BCUT2D eigenvalue weighted by Gasteiger charge is -2.09. The van der Waals surface area contributed by atoms with E-state index in [-0.39, 0.29) is 5.91 Å². The molecule has 0 fully saturated rings. The minimum absolute atomic E-state index is 0.201. The van der Waals surface area contributed by atoms with Gasteiger partial charge in [0.2, 0.25) is 0 Å². The van der Waals surface area contributed by atoms with Gasteiger partial charge in [0.25, 0.3) is 5.91 Å². The second kappa shape index (κ2) is 10.8. The predicted molar refractivity (Wildman–Crippen MR) is 139 cm³/mol. The first-order valence-electron chi connectivity index (χ1n) is 11.0. The van der Waals surface area contributed by atoms with Crippen molar-refractivity contribution in [3.63, 3.8) is 0 Å². The van der Waals surface area contributed by atoms with E-state index in [1.165, 1.54) is 0 Å². The smallest absolute Gasteiger partial charge is 0.255 e. The molecule has 0 saturated heterocycles. The fourth-order valence-electron chi connectivity index (χ4n) is 3.62. The Balaban J connectivity index is 1.39. The monoisotopic (exact) mass is 509 g/mol. The number of rotatable bonds is 8. The number of benzene rings is 3. The van der Waals surface area contributed by atoms with Crippen molar-refractivity contribution in [3.8, 4) is 11.5 Å². The third-order valence-electron chi connectivity index (χ3n) is 5.62. The summed E-state index contributed by atoms with van der Waals surface area (Å²) in [7, 11) is 1.63. The van der Waals surface area contributed by atoms with Crippen LogP contribution in [0.2, 0.25) is 10.0 Å². The highest BCUT2D eigenvalue weighted by molar-refractivity contribution is 6.42. The number of ether oxygens (including phenoxy) is 2. The van der Waals surface area contributed by atoms with Crippen molar-refractivity contribution < 1.29 is 14.3 Å². The van der Waals surface area contributed by atoms with E-state index in [1.807, 2.05) is 67.1 Å². The van der Waals surface area contributed by atoms with Crippen LogP contribution in [0.1, 0.15) is 32.9 Å². The molecule has 0 aliphatic rings. The van der Waals surface area contributed by atoms with Crippen LogP contribution in [0.5, 0.6) is 11.5 Å². The van der Waals surface area contributed by atoms with E-state index in [2.05, 4.69) is 10.4 Å². The van der Waals surface area contributed by atoms with Crippen LogP contribution in [0.15, 0.2) is 66.7 Å². The second-order valence-corrected chi connectivity index (χ2v) is 8.88. The molecule has 35 heavy (non-hydrogen) atoms. The molecule has 0 aliphatic heterocycles. The normalized spacial score (nSPS) is 10.8. The third-order valence-corrected chi connectivity index (χ3v) is 6.36. The zero-order valence-corrected chi connectivity index (χ0v) is 21.2. The van der Waals surface area contributed by atoms with Crippen LogP contribution < -0.4 is 14.8 Å². The van der Waals surface area contributed by atoms with E-state index in [0.29, 0.717) is 34.4 Å². The highest BCUT2D eigenvalue weighted by Gasteiger charge is 2.16. The van der Waals surface area contributed by atoms with Crippen molar-refractivity contribution in [2.24, 2.45) is 0 Å². The molecule has 1 amide bonds. The molecule has 1 aromatic heterocycles. The van der Waals surface area contributed by atoms with Crippen LogP contribution in [0, 0.1) is 13.8 Å². The summed E-state index contributed by atoms with van der Waals surface area (Å²) >= 11 is 12.1. The van der Waals surface area contributed by atoms with Crippen molar-refractivity contribution in [1.82, 2.24) is 9.78 Å². The highest BCUT2D eigenvalue weighted by atomic mass is 35.5. The number of amides is 1.